The number of Topliss-reactive ketones (excluding diaryl/α,β-unsaturated/α-hetero) is 1. The lowest BCUT2D eigenvalue weighted by Crippen LogP contribution is -2.06. The number of esters is 1. The molecule has 1 aromatic heterocycles. The van der Waals surface area contributed by atoms with Crippen molar-refractivity contribution in [3.05, 3.63) is 23.7 Å². The van der Waals surface area contributed by atoms with Gasteiger partial charge in [0.25, 0.3) is 0 Å². The number of hydrogen-bond donors (Lipinski definition) is 0. The zero-order valence-electron chi connectivity index (χ0n) is 9.07. The lowest BCUT2D eigenvalue weighted by molar-refractivity contribution is -0.118. The predicted molar refractivity (Wildman–Crippen MR) is 53.8 cm³/mol. The van der Waals surface area contributed by atoms with E-state index in [0.29, 0.717) is 12.2 Å². The van der Waals surface area contributed by atoms with Crippen molar-refractivity contribution in [1.82, 2.24) is 0 Å². The number of ether oxygens (including phenoxy) is 1. The Bertz CT molecular complexity index is 364. The van der Waals surface area contributed by atoms with Crippen LogP contribution < -0.4 is 0 Å². The Morgan fingerprint density at radius 1 is 1.47 bits per heavy atom. The van der Waals surface area contributed by atoms with E-state index in [2.05, 4.69) is 4.74 Å². The van der Waals surface area contributed by atoms with Gasteiger partial charge >= 0.3 is 5.97 Å². The van der Waals surface area contributed by atoms with Crippen LogP contribution in [0.15, 0.2) is 16.5 Å². The third kappa shape index (κ3) is 2.46. The highest BCUT2D eigenvalue weighted by molar-refractivity contribution is 5.87. The SMILES string of the molecule is CCC(C(C)=O)c1ccc(C(=O)OC)o1. The minimum atomic E-state index is -0.528. The van der Waals surface area contributed by atoms with Gasteiger partial charge in [-0.05, 0) is 25.5 Å². The van der Waals surface area contributed by atoms with E-state index < -0.39 is 5.97 Å². The molecule has 4 heteroatoms. The summed E-state index contributed by atoms with van der Waals surface area (Å²) in [5.41, 5.74) is 0. The Morgan fingerprint density at radius 2 is 2.13 bits per heavy atom. The van der Waals surface area contributed by atoms with Gasteiger partial charge in [-0.25, -0.2) is 4.79 Å². The van der Waals surface area contributed by atoms with Gasteiger partial charge in [0.2, 0.25) is 5.76 Å². The van der Waals surface area contributed by atoms with Crippen LogP contribution in [0, 0.1) is 0 Å². The fourth-order valence-corrected chi connectivity index (χ4v) is 1.44. The molecular formula is C11H14O4. The highest BCUT2D eigenvalue weighted by Crippen LogP contribution is 2.23. The molecule has 4 nitrogen and oxygen atoms in total. The standard InChI is InChI=1S/C11H14O4/c1-4-8(7(2)12)9-5-6-10(15-9)11(13)14-3/h5-6,8H,4H2,1-3H3. The van der Waals surface area contributed by atoms with Crippen molar-refractivity contribution in [3.8, 4) is 0 Å². The molecule has 0 spiro atoms. The molecule has 0 aromatic carbocycles. The predicted octanol–water partition coefficient (Wildman–Crippen LogP) is 2.15. The topological polar surface area (TPSA) is 56.5 Å². The molecule has 0 saturated heterocycles. The van der Waals surface area contributed by atoms with Crippen LogP contribution in [0.5, 0.6) is 0 Å². The Balaban J connectivity index is 2.92. The molecule has 82 valence electrons. The van der Waals surface area contributed by atoms with Gasteiger partial charge in [-0.3, -0.25) is 4.79 Å². The molecule has 0 N–H and O–H groups in total. The summed E-state index contributed by atoms with van der Waals surface area (Å²) in [5, 5.41) is 0. The lowest BCUT2D eigenvalue weighted by Gasteiger charge is -2.06. The molecule has 0 aliphatic carbocycles. The summed E-state index contributed by atoms with van der Waals surface area (Å²) >= 11 is 0. The Kier molecular flexibility index (Phi) is 3.66. The number of furan rings is 1. The first kappa shape index (κ1) is 11.5. The zero-order valence-corrected chi connectivity index (χ0v) is 9.07. The van der Waals surface area contributed by atoms with Gasteiger partial charge in [-0.1, -0.05) is 6.92 Å². The van der Waals surface area contributed by atoms with Crippen molar-refractivity contribution in [3.63, 3.8) is 0 Å². The lowest BCUT2D eigenvalue weighted by atomic mass is 10.00. The first-order valence-electron chi connectivity index (χ1n) is 4.78. The number of carbonyl (C=O) groups excluding carboxylic acids is 2. The molecule has 0 saturated carbocycles. The van der Waals surface area contributed by atoms with Crippen molar-refractivity contribution in [2.24, 2.45) is 0 Å². The fourth-order valence-electron chi connectivity index (χ4n) is 1.44. The number of carbonyl (C=O) groups is 2. The maximum atomic E-state index is 11.2. The molecular weight excluding hydrogens is 196 g/mol. The van der Waals surface area contributed by atoms with Crippen molar-refractivity contribution in [2.75, 3.05) is 7.11 Å². The van der Waals surface area contributed by atoms with E-state index in [4.69, 9.17) is 4.42 Å². The largest absolute Gasteiger partial charge is 0.463 e. The van der Waals surface area contributed by atoms with Crippen LogP contribution in [0.4, 0.5) is 0 Å². The van der Waals surface area contributed by atoms with Crippen LogP contribution in [0.25, 0.3) is 0 Å². The molecule has 1 unspecified atom stereocenters. The third-order valence-electron chi connectivity index (χ3n) is 2.26. The van der Waals surface area contributed by atoms with E-state index in [1.165, 1.54) is 20.1 Å². The average molecular weight is 210 g/mol. The summed E-state index contributed by atoms with van der Waals surface area (Å²) < 4.78 is 9.76. The van der Waals surface area contributed by atoms with Crippen LogP contribution in [0.2, 0.25) is 0 Å². The van der Waals surface area contributed by atoms with Crippen LogP contribution in [-0.2, 0) is 9.53 Å². The van der Waals surface area contributed by atoms with Gasteiger partial charge < -0.3 is 9.15 Å². The van der Waals surface area contributed by atoms with Crippen molar-refractivity contribution in [1.29, 1.82) is 0 Å². The first-order chi connectivity index (χ1) is 7.10. The van der Waals surface area contributed by atoms with E-state index in [-0.39, 0.29) is 17.5 Å². The van der Waals surface area contributed by atoms with Gasteiger partial charge in [-0.2, -0.15) is 0 Å². The molecule has 1 atom stereocenters. The molecule has 1 aromatic rings. The number of ketones is 1. The van der Waals surface area contributed by atoms with Crippen molar-refractivity contribution in [2.45, 2.75) is 26.2 Å². The molecule has 1 heterocycles. The van der Waals surface area contributed by atoms with Gasteiger partial charge in [0.1, 0.15) is 11.5 Å². The highest BCUT2D eigenvalue weighted by Gasteiger charge is 2.20. The van der Waals surface area contributed by atoms with E-state index in [0.717, 1.165) is 0 Å². The summed E-state index contributed by atoms with van der Waals surface area (Å²) in [6.07, 6.45) is 0.656. The zero-order chi connectivity index (χ0) is 11.4. The Morgan fingerprint density at radius 3 is 2.60 bits per heavy atom. The summed E-state index contributed by atoms with van der Waals surface area (Å²) in [4.78, 5) is 22.4. The van der Waals surface area contributed by atoms with E-state index >= 15 is 0 Å². The molecule has 0 aliphatic rings. The van der Waals surface area contributed by atoms with Gasteiger partial charge in [0.15, 0.2) is 0 Å². The minimum Gasteiger partial charge on any atom is -0.463 e. The van der Waals surface area contributed by atoms with E-state index in [1.54, 1.807) is 6.07 Å². The second-order valence-corrected chi connectivity index (χ2v) is 3.27. The summed E-state index contributed by atoms with van der Waals surface area (Å²) in [7, 11) is 1.28. The Labute approximate surface area is 88.2 Å². The number of hydrogen-bond acceptors (Lipinski definition) is 4. The summed E-state index contributed by atoms with van der Waals surface area (Å²) in [6.45, 7) is 3.40. The summed E-state index contributed by atoms with van der Waals surface area (Å²) in [6, 6.07) is 3.16. The van der Waals surface area contributed by atoms with Crippen molar-refractivity contribution < 1.29 is 18.7 Å². The molecule has 0 aliphatic heterocycles. The number of methoxy groups -OCH3 is 1. The maximum Gasteiger partial charge on any atom is 0.373 e. The number of rotatable bonds is 4. The van der Waals surface area contributed by atoms with Crippen LogP contribution >= 0.6 is 0 Å². The second-order valence-electron chi connectivity index (χ2n) is 3.27. The Hall–Kier alpha value is -1.58. The average Bonchev–Trinajstić information content (AvgIpc) is 2.66. The van der Waals surface area contributed by atoms with E-state index in [9.17, 15) is 9.59 Å². The molecule has 0 fully saturated rings. The highest BCUT2D eigenvalue weighted by atomic mass is 16.5. The first-order valence-corrected chi connectivity index (χ1v) is 4.78. The minimum absolute atomic E-state index is 0.0308. The second kappa shape index (κ2) is 4.77. The van der Waals surface area contributed by atoms with Gasteiger partial charge in [-0.15, -0.1) is 0 Å². The molecule has 0 amide bonds. The maximum absolute atomic E-state index is 11.2. The van der Waals surface area contributed by atoms with E-state index in [1.807, 2.05) is 6.92 Å². The monoisotopic (exact) mass is 210 g/mol. The van der Waals surface area contributed by atoms with Crippen LogP contribution in [0.1, 0.15) is 42.5 Å². The molecule has 0 bridgehead atoms. The molecule has 0 radical (unpaired) electrons. The fraction of sp³-hybridized carbons (Fsp3) is 0.455. The molecule has 15 heavy (non-hydrogen) atoms. The smallest absolute Gasteiger partial charge is 0.373 e. The van der Waals surface area contributed by atoms with Crippen molar-refractivity contribution >= 4 is 11.8 Å². The van der Waals surface area contributed by atoms with Gasteiger partial charge in [0, 0.05) is 0 Å². The van der Waals surface area contributed by atoms with Crippen LogP contribution in [0.3, 0.4) is 0 Å². The normalized spacial score (nSPS) is 12.2. The third-order valence-corrected chi connectivity index (χ3v) is 2.26. The summed E-state index contributed by atoms with van der Waals surface area (Å²) in [5.74, 6) is -0.121. The quantitative estimate of drug-likeness (QED) is 0.714. The van der Waals surface area contributed by atoms with Gasteiger partial charge in [0.05, 0.1) is 13.0 Å². The van der Waals surface area contributed by atoms with Crippen LogP contribution in [-0.4, -0.2) is 18.9 Å². The molecule has 1 rings (SSSR count).